The first-order valence-corrected chi connectivity index (χ1v) is 10.4. The van der Waals surface area contributed by atoms with Crippen molar-refractivity contribution in [1.82, 2.24) is 20.5 Å². The topological polar surface area (TPSA) is 87.5 Å². The highest BCUT2D eigenvalue weighted by atomic mass is 16.3. The van der Waals surface area contributed by atoms with Crippen LogP contribution in [0.1, 0.15) is 38.8 Å². The van der Waals surface area contributed by atoms with Crippen molar-refractivity contribution in [3.63, 3.8) is 0 Å². The Labute approximate surface area is 171 Å². The van der Waals surface area contributed by atoms with Crippen LogP contribution in [0.4, 0.5) is 0 Å². The maximum absolute atomic E-state index is 12.6. The molecule has 7 heteroatoms. The lowest BCUT2D eigenvalue weighted by Gasteiger charge is -2.31. The Morgan fingerprint density at radius 3 is 2.86 bits per heavy atom. The lowest BCUT2D eigenvalue weighted by atomic mass is 9.96. The molecule has 2 aromatic rings. The molecule has 1 saturated heterocycles. The van der Waals surface area contributed by atoms with Crippen LogP contribution in [-0.4, -0.2) is 47.4 Å². The number of aromatic nitrogens is 1. The molecule has 0 saturated carbocycles. The number of amides is 2. The van der Waals surface area contributed by atoms with Gasteiger partial charge in [-0.25, -0.2) is 4.98 Å². The van der Waals surface area contributed by atoms with E-state index in [2.05, 4.69) is 20.5 Å². The smallest absolute Gasteiger partial charge is 0.242 e. The zero-order chi connectivity index (χ0) is 20.6. The first-order valence-electron chi connectivity index (χ1n) is 10.4. The Balaban J connectivity index is 1.52. The van der Waals surface area contributed by atoms with Gasteiger partial charge in [0.15, 0.2) is 0 Å². The van der Waals surface area contributed by atoms with Crippen LogP contribution < -0.4 is 10.6 Å². The van der Waals surface area contributed by atoms with Crippen LogP contribution in [-0.2, 0) is 16.1 Å². The second-order valence-corrected chi connectivity index (χ2v) is 7.61. The van der Waals surface area contributed by atoms with E-state index in [0.29, 0.717) is 25.5 Å². The van der Waals surface area contributed by atoms with Gasteiger partial charge < -0.3 is 15.1 Å². The van der Waals surface area contributed by atoms with Crippen LogP contribution >= 0.6 is 0 Å². The Morgan fingerprint density at radius 2 is 2.10 bits per heavy atom. The first-order chi connectivity index (χ1) is 14.1. The van der Waals surface area contributed by atoms with Crippen molar-refractivity contribution in [2.45, 2.75) is 45.7 Å². The molecule has 7 nitrogen and oxygen atoms in total. The average Bonchev–Trinajstić information content (AvgIpc) is 3.21. The zero-order valence-electron chi connectivity index (χ0n) is 17.2. The third-order valence-electron chi connectivity index (χ3n) is 5.14. The number of hydrogen-bond acceptors (Lipinski definition) is 5. The number of likely N-dealkylation sites (tertiary alicyclic amines) is 1. The molecule has 2 heterocycles. The van der Waals surface area contributed by atoms with Crippen molar-refractivity contribution in [2.24, 2.45) is 5.92 Å². The van der Waals surface area contributed by atoms with E-state index in [1.807, 2.05) is 37.3 Å². The van der Waals surface area contributed by atoms with E-state index >= 15 is 0 Å². The molecule has 2 atom stereocenters. The molecule has 3 rings (SSSR count). The first kappa shape index (κ1) is 21.0. The molecular formula is C22H30N4O3. The molecule has 156 valence electrons. The predicted octanol–water partition coefficient (Wildman–Crippen LogP) is 2.58. The van der Waals surface area contributed by atoms with E-state index in [-0.39, 0.29) is 17.7 Å². The third kappa shape index (κ3) is 5.90. The molecule has 0 spiro atoms. The molecule has 0 bridgehead atoms. The standard InChI is InChI=1S/C22H30N4O3/c1-3-11-23-20(27)16(2)24-21(28)18-10-7-12-26(13-18)14-19-15-29-22(25-19)17-8-5-4-6-9-17/h4-6,8-9,15-16,18H,3,7,10-14H2,1-2H3,(H,23,27)(H,24,28)/t16-,18-/m0/s1. The highest BCUT2D eigenvalue weighted by molar-refractivity contribution is 5.88. The summed E-state index contributed by atoms with van der Waals surface area (Å²) in [6, 6.07) is 9.28. The van der Waals surface area contributed by atoms with Crippen molar-refractivity contribution < 1.29 is 14.0 Å². The van der Waals surface area contributed by atoms with E-state index in [4.69, 9.17) is 4.42 Å². The van der Waals surface area contributed by atoms with Gasteiger partial charge in [0.05, 0.1) is 11.6 Å². The molecule has 2 amide bonds. The van der Waals surface area contributed by atoms with Gasteiger partial charge in [-0.3, -0.25) is 14.5 Å². The van der Waals surface area contributed by atoms with Crippen LogP contribution in [0.5, 0.6) is 0 Å². The summed E-state index contributed by atoms with van der Waals surface area (Å²) in [6.07, 6.45) is 4.34. The van der Waals surface area contributed by atoms with Gasteiger partial charge >= 0.3 is 0 Å². The van der Waals surface area contributed by atoms with Gasteiger partial charge in [0.25, 0.3) is 0 Å². The molecule has 1 aromatic carbocycles. The van der Waals surface area contributed by atoms with Crippen molar-refractivity contribution in [2.75, 3.05) is 19.6 Å². The van der Waals surface area contributed by atoms with Gasteiger partial charge in [-0.05, 0) is 44.9 Å². The van der Waals surface area contributed by atoms with Crippen LogP contribution in [0.3, 0.4) is 0 Å². The molecule has 0 unspecified atom stereocenters. The highest BCUT2D eigenvalue weighted by Gasteiger charge is 2.28. The quantitative estimate of drug-likeness (QED) is 0.714. The summed E-state index contributed by atoms with van der Waals surface area (Å²) in [5.74, 6) is 0.298. The van der Waals surface area contributed by atoms with Crippen LogP contribution in [0.25, 0.3) is 11.5 Å². The Bertz CT molecular complexity index is 805. The number of nitrogens with one attached hydrogen (secondary N) is 2. The fourth-order valence-corrected chi connectivity index (χ4v) is 3.53. The minimum atomic E-state index is -0.520. The third-order valence-corrected chi connectivity index (χ3v) is 5.14. The van der Waals surface area contributed by atoms with Gasteiger partial charge in [0.1, 0.15) is 12.3 Å². The van der Waals surface area contributed by atoms with Crippen molar-refractivity contribution in [1.29, 1.82) is 0 Å². The summed E-state index contributed by atoms with van der Waals surface area (Å²) in [5.41, 5.74) is 1.81. The Hall–Kier alpha value is -2.67. The van der Waals surface area contributed by atoms with Crippen LogP contribution in [0.15, 0.2) is 41.0 Å². The number of nitrogens with zero attached hydrogens (tertiary/aromatic N) is 2. The van der Waals surface area contributed by atoms with E-state index in [1.54, 1.807) is 13.2 Å². The Kier molecular flexibility index (Phi) is 7.41. The number of piperidine rings is 1. The minimum Gasteiger partial charge on any atom is -0.444 e. The molecule has 0 radical (unpaired) electrons. The molecular weight excluding hydrogens is 368 g/mol. The zero-order valence-corrected chi connectivity index (χ0v) is 17.2. The SMILES string of the molecule is CCCNC(=O)[C@H](C)NC(=O)[C@H]1CCCN(Cc2coc(-c3ccccc3)n2)C1. The number of oxazole rings is 1. The summed E-state index contributed by atoms with van der Waals surface area (Å²) < 4.78 is 5.62. The highest BCUT2D eigenvalue weighted by Crippen LogP contribution is 2.22. The van der Waals surface area contributed by atoms with E-state index < -0.39 is 6.04 Å². The molecule has 29 heavy (non-hydrogen) atoms. The second kappa shape index (κ2) is 10.2. The molecule has 1 fully saturated rings. The average molecular weight is 399 g/mol. The lowest BCUT2D eigenvalue weighted by Crippen LogP contribution is -2.49. The lowest BCUT2D eigenvalue weighted by molar-refractivity contribution is -0.131. The van der Waals surface area contributed by atoms with Gasteiger partial charge in [0, 0.05) is 25.2 Å². The molecule has 1 aliphatic rings. The number of carbonyl (C=O) groups is 2. The van der Waals surface area contributed by atoms with Crippen molar-refractivity contribution in [3.8, 4) is 11.5 Å². The summed E-state index contributed by atoms with van der Waals surface area (Å²) in [5, 5.41) is 5.67. The molecule has 1 aromatic heterocycles. The van der Waals surface area contributed by atoms with E-state index in [1.165, 1.54) is 0 Å². The summed E-state index contributed by atoms with van der Waals surface area (Å²) in [6.45, 7) is 6.57. The minimum absolute atomic E-state index is 0.0565. The fraction of sp³-hybridized carbons (Fsp3) is 0.500. The normalized spacial score (nSPS) is 18.2. The van der Waals surface area contributed by atoms with Crippen LogP contribution in [0.2, 0.25) is 0 Å². The number of hydrogen-bond donors (Lipinski definition) is 2. The Morgan fingerprint density at radius 1 is 1.31 bits per heavy atom. The summed E-state index contributed by atoms with van der Waals surface area (Å²) in [4.78, 5) is 31.4. The molecule has 2 N–H and O–H groups in total. The summed E-state index contributed by atoms with van der Waals surface area (Å²) >= 11 is 0. The number of rotatable bonds is 8. The van der Waals surface area contributed by atoms with Gasteiger partial charge in [-0.15, -0.1) is 0 Å². The van der Waals surface area contributed by atoms with E-state index in [0.717, 1.165) is 37.1 Å². The molecule has 0 aliphatic carbocycles. The van der Waals surface area contributed by atoms with Gasteiger partial charge in [0.2, 0.25) is 17.7 Å². The molecule has 1 aliphatic heterocycles. The predicted molar refractivity (Wildman–Crippen MR) is 111 cm³/mol. The van der Waals surface area contributed by atoms with Gasteiger partial charge in [-0.1, -0.05) is 25.1 Å². The largest absolute Gasteiger partial charge is 0.444 e. The number of carbonyl (C=O) groups excluding carboxylic acids is 2. The van der Waals surface area contributed by atoms with Crippen molar-refractivity contribution >= 4 is 11.8 Å². The van der Waals surface area contributed by atoms with E-state index in [9.17, 15) is 9.59 Å². The van der Waals surface area contributed by atoms with Crippen molar-refractivity contribution in [3.05, 3.63) is 42.3 Å². The maximum Gasteiger partial charge on any atom is 0.242 e. The fourth-order valence-electron chi connectivity index (χ4n) is 3.53. The second-order valence-electron chi connectivity index (χ2n) is 7.61. The van der Waals surface area contributed by atoms with Crippen LogP contribution in [0, 0.1) is 5.92 Å². The monoisotopic (exact) mass is 398 g/mol. The number of benzene rings is 1. The summed E-state index contributed by atoms with van der Waals surface area (Å²) in [7, 11) is 0. The maximum atomic E-state index is 12.6. The van der Waals surface area contributed by atoms with Gasteiger partial charge in [-0.2, -0.15) is 0 Å².